The van der Waals surface area contributed by atoms with Crippen LogP contribution in [0.15, 0.2) is 29.0 Å². The summed E-state index contributed by atoms with van der Waals surface area (Å²) in [5.74, 6) is -7.37. The van der Waals surface area contributed by atoms with Crippen molar-refractivity contribution in [2.24, 2.45) is 17.6 Å². The predicted molar refractivity (Wildman–Crippen MR) is 119 cm³/mol. The van der Waals surface area contributed by atoms with Gasteiger partial charge < -0.3 is 26.2 Å². The van der Waals surface area contributed by atoms with E-state index >= 15 is 0 Å². The molecule has 0 spiro atoms. The Morgan fingerprint density at radius 3 is 2.38 bits per heavy atom. The minimum atomic E-state index is -2.68. The topological polar surface area (TPSA) is 178 Å². The normalized spacial score (nSPS) is 28.6. The number of likely N-dealkylation sites (N-methyl/N-ethyl adjacent to an activating group) is 1. The van der Waals surface area contributed by atoms with Gasteiger partial charge in [0.2, 0.25) is 5.78 Å². The van der Waals surface area contributed by atoms with E-state index in [2.05, 4.69) is 0 Å². The fourth-order valence-electron chi connectivity index (χ4n) is 5.70. The van der Waals surface area contributed by atoms with E-state index in [9.17, 15) is 39.6 Å². The number of ketones is 3. The number of hydrogen-bond acceptors (Lipinski definition) is 9. The number of rotatable bonds is 4. The van der Waals surface area contributed by atoms with Crippen molar-refractivity contribution in [3.8, 4) is 5.75 Å². The van der Waals surface area contributed by atoms with E-state index < -0.39 is 58.0 Å². The third-order valence-corrected chi connectivity index (χ3v) is 7.23. The Hall–Kier alpha value is -3.50. The third-order valence-electron chi connectivity index (χ3n) is 7.23. The molecule has 3 aliphatic rings. The highest BCUT2D eigenvalue weighted by molar-refractivity contribution is 6.24. The first-order chi connectivity index (χ1) is 15.9. The lowest BCUT2D eigenvalue weighted by Gasteiger charge is -2.50. The number of carbonyl (C=O) groups is 4. The monoisotopic (exact) mass is 470 g/mol. The number of hydrogen-bond donors (Lipinski definition) is 5. The van der Waals surface area contributed by atoms with Crippen LogP contribution >= 0.6 is 0 Å². The SMILES string of the molecule is CCC(=O)c1ccc(O)c2c1CC1CC3C(N(C)C)C(=O)C(C(N)=O)=C(O)C3(O)C(=O)C1=C2O. The van der Waals surface area contributed by atoms with Crippen LogP contribution in [0.1, 0.15) is 41.3 Å². The molecule has 0 aromatic heterocycles. The van der Waals surface area contributed by atoms with Gasteiger partial charge in [-0.3, -0.25) is 24.1 Å². The summed E-state index contributed by atoms with van der Waals surface area (Å²) in [7, 11) is 3.06. The number of carbonyl (C=O) groups excluding carboxylic acids is 4. The molecule has 4 unspecified atom stereocenters. The maximum Gasteiger partial charge on any atom is 0.255 e. The van der Waals surface area contributed by atoms with Gasteiger partial charge in [-0.1, -0.05) is 6.92 Å². The zero-order valence-electron chi connectivity index (χ0n) is 19.0. The Kier molecular flexibility index (Phi) is 5.41. The summed E-state index contributed by atoms with van der Waals surface area (Å²) in [6.07, 6.45) is 0.247. The summed E-state index contributed by atoms with van der Waals surface area (Å²) in [5, 5.41) is 43.8. The Labute approximate surface area is 195 Å². The lowest BCUT2D eigenvalue weighted by atomic mass is 9.57. The highest BCUT2D eigenvalue weighted by atomic mass is 16.3. The largest absolute Gasteiger partial charge is 0.508 e. The highest BCUT2D eigenvalue weighted by Crippen LogP contribution is 2.52. The maximum absolute atomic E-state index is 13.7. The zero-order chi connectivity index (χ0) is 25.3. The van der Waals surface area contributed by atoms with E-state index in [1.165, 1.54) is 31.1 Å². The molecule has 4 atom stereocenters. The van der Waals surface area contributed by atoms with Crippen LogP contribution in [0, 0.1) is 11.8 Å². The molecule has 0 bridgehead atoms. The number of Topliss-reactive ketones (excluding diaryl/α,β-unsaturated/α-hetero) is 3. The number of amides is 1. The van der Waals surface area contributed by atoms with Crippen LogP contribution in [0.4, 0.5) is 0 Å². The molecule has 10 nitrogen and oxygen atoms in total. The van der Waals surface area contributed by atoms with Gasteiger partial charge in [-0.25, -0.2) is 0 Å². The van der Waals surface area contributed by atoms with Crippen molar-refractivity contribution in [1.29, 1.82) is 0 Å². The van der Waals surface area contributed by atoms with E-state index in [4.69, 9.17) is 5.73 Å². The van der Waals surface area contributed by atoms with Crippen LogP contribution in [-0.2, 0) is 20.8 Å². The van der Waals surface area contributed by atoms with Gasteiger partial charge in [0.05, 0.1) is 11.6 Å². The quantitative estimate of drug-likeness (QED) is 0.310. The number of phenolic OH excluding ortho intramolecular Hbond substituents is 1. The minimum absolute atomic E-state index is 0.0266. The molecule has 10 heteroatoms. The van der Waals surface area contributed by atoms with Crippen molar-refractivity contribution < 1.29 is 39.6 Å². The third kappa shape index (κ3) is 2.95. The molecule has 1 amide bonds. The van der Waals surface area contributed by atoms with Crippen molar-refractivity contribution in [1.82, 2.24) is 4.90 Å². The fourth-order valence-corrected chi connectivity index (χ4v) is 5.70. The van der Waals surface area contributed by atoms with Crippen molar-refractivity contribution in [3.05, 3.63) is 45.7 Å². The number of nitrogens with two attached hydrogens (primary N) is 1. The molecule has 1 saturated carbocycles. The van der Waals surface area contributed by atoms with Gasteiger partial charge in [0, 0.05) is 23.5 Å². The molecule has 6 N–H and O–H groups in total. The number of nitrogens with zero attached hydrogens (tertiary/aromatic N) is 1. The number of benzene rings is 1. The Morgan fingerprint density at radius 1 is 1.18 bits per heavy atom. The van der Waals surface area contributed by atoms with Crippen molar-refractivity contribution >= 4 is 29.0 Å². The standard InChI is InChI=1S/C24H26N2O8/c1-4-13(27)10-5-6-14(28)16-11(10)7-9-8-12-18(26(2)3)20(30)17(23(25)33)22(32)24(12,34)21(31)15(9)19(16)29/h5-6,9,12,18,28-29,32,34H,4,7-8H2,1-3H3,(H2,25,33). The molecule has 1 aromatic rings. The summed E-state index contributed by atoms with van der Waals surface area (Å²) < 4.78 is 0. The number of fused-ring (bicyclic) bond motifs is 3. The first-order valence-corrected chi connectivity index (χ1v) is 10.9. The van der Waals surface area contributed by atoms with E-state index in [0.717, 1.165) is 0 Å². The van der Waals surface area contributed by atoms with Gasteiger partial charge >= 0.3 is 0 Å². The van der Waals surface area contributed by atoms with Crippen LogP contribution in [0.5, 0.6) is 5.75 Å². The lowest BCUT2D eigenvalue weighted by molar-refractivity contribution is -0.153. The number of phenols is 1. The Balaban J connectivity index is 1.99. The number of aromatic hydroxyl groups is 1. The van der Waals surface area contributed by atoms with Gasteiger partial charge in [0.1, 0.15) is 22.8 Å². The summed E-state index contributed by atoms with van der Waals surface area (Å²) in [4.78, 5) is 52.6. The van der Waals surface area contributed by atoms with E-state index in [1.807, 2.05) is 0 Å². The molecule has 180 valence electrons. The molecular weight excluding hydrogens is 444 g/mol. The molecular formula is C24H26N2O8. The van der Waals surface area contributed by atoms with Crippen LogP contribution < -0.4 is 5.73 Å². The molecule has 3 aliphatic carbocycles. The number of primary amides is 1. The van der Waals surface area contributed by atoms with E-state index in [0.29, 0.717) is 11.1 Å². The van der Waals surface area contributed by atoms with Crippen LogP contribution in [0.25, 0.3) is 5.76 Å². The zero-order valence-corrected chi connectivity index (χ0v) is 19.0. The van der Waals surface area contributed by atoms with Crippen molar-refractivity contribution in [3.63, 3.8) is 0 Å². The second-order valence-electron chi connectivity index (χ2n) is 9.22. The molecule has 0 heterocycles. The average Bonchev–Trinajstić information content (AvgIpc) is 2.75. The minimum Gasteiger partial charge on any atom is -0.508 e. The van der Waals surface area contributed by atoms with Gasteiger partial charge in [0.15, 0.2) is 17.2 Å². The fraction of sp³-hybridized carbons (Fsp3) is 0.417. The average molecular weight is 470 g/mol. The summed E-state index contributed by atoms with van der Waals surface area (Å²) in [6.45, 7) is 1.68. The van der Waals surface area contributed by atoms with Gasteiger partial charge in [-0.05, 0) is 50.6 Å². The lowest BCUT2D eigenvalue weighted by Crippen LogP contribution is -2.65. The maximum atomic E-state index is 13.7. The van der Waals surface area contributed by atoms with E-state index in [-0.39, 0.29) is 41.9 Å². The Morgan fingerprint density at radius 2 is 1.82 bits per heavy atom. The smallest absolute Gasteiger partial charge is 0.255 e. The molecule has 1 fully saturated rings. The van der Waals surface area contributed by atoms with Gasteiger partial charge in [-0.2, -0.15) is 0 Å². The van der Waals surface area contributed by atoms with Crippen molar-refractivity contribution in [2.75, 3.05) is 14.1 Å². The summed E-state index contributed by atoms with van der Waals surface area (Å²) >= 11 is 0. The second kappa shape index (κ2) is 7.78. The first kappa shape index (κ1) is 23.7. The molecule has 4 rings (SSSR count). The second-order valence-corrected chi connectivity index (χ2v) is 9.22. The van der Waals surface area contributed by atoms with Crippen LogP contribution in [0.3, 0.4) is 0 Å². The Bertz CT molecular complexity index is 1230. The van der Waals surface area contributed by atoms with Gasteiger partial charge in [-0.15, -0.1) is 0 Å². The number of aliphatic hydroxyl groups is 3. The molecule has 34 heavy (non-hydrogen) atoms. The van der Waals surface area contributed by atoms with Crippen LogP contribution in [0.2, 0.25) is 0 Å². The van der Waals surface area contributed by atoms with Gasteiger partial charge in [0.25, 0.3) is 5.91 Å². The number of aliphatic hydroxyl groups excluding tert-OH is 2. The van der Waals surface area contributed by atoms with E-state index in [1.54, 1.807) is 6.92 Å². The predicted octanol–water partition coefficient (Wildman–Crippen LogP) is 0.557. The van der Waals surface area contributed by atoms with Crippen LogP contribution in [-0.4, -0.2) is 74.3 Å². The molecule has 0 aliphatic heterocycles. The van der Waals surface area contributed by atoms with Crippen molar-refractivity contribution in [2.45, 2.75) is 37.8 Å². The highest BCUT2D eigenvalue weighted by Gasteiger charge is 2.64. The first-order valence-electron chi connectivity index (χ1n) is 10.9. The summed E-state index contributed by atoms with van der Waals surface area (Å²) in [5.41, 5.74) is 2.09. The molecule has 0 radical (unpaired) electrons. The summed E-state index contributed by atoms with van der Waals surface area (Å²) in [6, 6.07) is 1.55. The molecule has 0 saturated heterocycles. The molecule has 1 aromatic carbocycles.